The van der Waals surface area contributed by atoms with E-state index in [1.165, 1.54) is 0 Å². The van der Waals surface area contributed by atoms with Crippen molar-refractivity contribution in [3.05, 3.63) is 29.8 Å². The second kappa shape index (κ2) is 7.53. The van der Waals surface area contributed by atoms with E-state index in [1.807, 2.05) is 27.7 Å². The molecule has 0 aliphatic heterocycles. The van der Waals surface area contributed by atoms with Gasteiger partial charge in [-0.25, -0.2) is 4.79 Å². The van der Waals surface area contributed by atoms with Crippen LogP contribution >= 0.6 is 0 Å². The molecule has 3 N–H and O–H groups in total. The third kappa shape index (κ3) is 5.30. The maximum atomic E-state index is 11.9. The molecule has 1 aromatic carbocycles. The number of nitrogens with one attached hydrogen (secondary N) is 3. The summed E-state index contributed by atoms with van der Waals surface area (Å²) in [5.41, 5.74) is 1.13. The van der Waals surface area contributed by atoms with Crippen LogP contribution in [0.15, 0.2) is 24.3 Å². The van der Waals surface area contributed by atoms with Crippen molar-refractivity contribution in [2.24, 2.45) is 0 Å². The molecule has 5 nitrogen and oxygen atoms in total. The number of carbonyl (C=O) groups excluding carboxylic acids is 2. The normalized spacial score (nSPS) is 11.8. The minimum atomic E-state index is -0.263. The summed E-state index contributed by atoms with van der Waals surface area (Å²) in [7, 11) is 0. The number of benzene rings is 1. The summed E-state index contributed by atoms with van der Waals surface area (Å²) in [5.74, 6) is -0.147. The Balaban J connectivity index is 2.68. The molecule has 110 valence electrons. The van der Waals surface area contributed by atoms with E-state index in [0.29, 0.717) is 11.3 Å². The summed E-state index contributed by atoms with van der Waals surface area (Å²) in [6.07, 6.45) is 0.865. The van der Waals surface area contributed by atoms with Gasteiger partial charge < -0.3 is 16.0 Å². The summed E-state index contributed by atoms with van der Waals surface area (Å²) in [4.78, 5) is 23.6. The average molecular weight is 277 g/mol. The molecular weight excluding hydrogens is 254 g/mol. The highest BCUT2D eigenvalue weighted by Gasteiger charge is 2.09. The largest absolute Gasteiger partial charge is 0.350 e. The Morgan fingerprint density at radius 1 is 1.15 bits per heavy atom. The lowest BCUT2D eigenvalue weighted by Crippen LogP contribution is -2.35. The van der Waals surface area contributed by atoms with Crippen molar-refractivity contribution in [1.82, 2.24) is 10.6 Å². The Morgan fingerprint density at radius 2 is 1.85 bits per heavy atom. The lowest BCUT2D eigenvalue weighted by Gasteiger charge is -2.13. The molecule has 0 aliphatic rings. The minimum absolute atomic E-state index is 0.0767. The van der Waals surface area contributed by atoms with Gasteiger partial charge in [-0.2, -0.15) is 0 Å². The summed E-state index contributed by atoms with van der Waals surface area (Å²) in [6, 6.07) is 6.80. The Labute approximate surface area is 120 Å². The zero-order chi connectivity index (χ0) is 15.1. The van der Waals surface area contributed by atoms with Crippen LogP contribution in [0.25, 0.3) is 0 Å². The van der Waals surface area contributed by atoms with Gasteiger partial charge in [0.25, 0.3) is 5.91 Å². The summed E-state index contributed by atoms with van der Waals surface area (Å²) in [6.45, 7) is 7.74. The van der Waals surface area contributed by atoms with Crippen LogP contribution in [0.5, 0.6) is 0 Å². The highest BCUT2D eigenvalue weighted by atomic mass is 16.2. The van der Waals surface area contributed by atoms with Crippen LogP contribution in [0, 0.1) is 0 Å². The van der Waals surface area contributed by atoms with Crippen LogP contribution in [0.1, 0.15) is 44.5 Å². The second-order valence-corrected chi connectivity index (χ2v) is 5.12. The van der Waals surface area contributed by atoms with Gasteiger partial charge >= 0.3 is 6.03 Å². The Morgan fingerprint density at radius 3 is 2.45 bits per heavy atom. The molecule has 0 fully saturated rings. The van der Waals surface area contributed by atoms with E-state index < -0.39 is 0 Å². The van der Waals surface area contributed by atoms with E-state index in [0.717, 1.165) is 6.42 Å². The van der Waals surface area contributed by atoms with Crippen LogP contribution in [0.4, 0.5) is 10.5 Å². The van der Waals surface area contributed by atoms with E-state index in [9.17, 15) is 9.59 Å². The lowest BCUT2D eigenvalue weighted by molar-refractivity contribution is 0.0943. The molecule has 3 amide bonds. The maximum absolute atomic E-state index is 11.9. The number of rotatable bonds is 5. The van der Waals surface area contributed by atoms with Gasteiger partial charge in [0.1, 0.15) is 0 Å². The smallest absolute Gasteiger partial charge is 0.319 e. The molecule has 0 saturated carbocycles. The first-order valence-electron chi connectivity index (χ1n) is 6.90. The highest BCUT2D eigenvalue weighted by Crippen LogP contribution is 2.11. The molecule has 1 aromatic rings. The van der Waals surface area contributed by atoms with Crippen molar-refractivity contribution >= 4 is 17.6 Å². The van der Waals surface area contributed by atoms with Crippen LogP contribution in [-0.4, -0.2) is 24.0 Å². The van der Waals surface area contributed by atoms with E-state index >= 15 is 0 Å². The number of carbonyl (C=O) groups is 2. The van der Waals surface area contributed by atoms with Crippen molar-refractivity contribution in [1.29, 1.82) is 0 Å². The van der Waals surface area contributed by atoms with Crippen molar-refractivity contribution in [2.45, 2.75) is 46.2 Å². The van der Waals surface area contributed by atoms with Crippen LogP contribution in [0.2, 0.25) is 0 Å². The van der Waals surface area contributed by atoms with Crippen molar-refractivity contribution in [2.75, 3.05) is 5.32 Å². The van der Waals surface area contributed by atoms with Crippen LogP contribution < -0.4 is 16.0 Å². The molecule has 0 saturated heterocycles. The molecule has 0 heterocycles. The molecule has 0 spiro atoms. The molecule has 1 rings (SSSR count). The van der Waals surface area contributed by atoms with E-state index in [2.05, 4.69) is 16.0 Å². The minimum Gasteiger partial charge on any atom is -0.350 e. The SMILES string of the molecule is CCC(C)NC(=O)Nc1cccc(C(=O)NC(C)C)c1. The first kappa shape index (κ1) is 16.0. The highest BCUT2D eigenvalue weighted by molar-refractivity contribution is 5.97. The monoisotopic (exact) mass is 277 g/mol. The number of hydrogen-bond donors (Lipinski definition) is 3. The quantitative estimate of drug-likeness (QED) is 0.774. The van der Waals surface area contributed by atoms with Gasteiger partial charge in [-0.15, -0.1) is 0 Å². The number of urea groups is 1. The average Bonchev–Trinajstić information content (AvgIpc) is 2.37. The third-order valence-electron chi connectivity index (χ3n) is 2.79. The van der Waals surface area contributed by atoms with Crippen molar-refractivity contribution < 1.29 is 9.59 Å². The summed E-state index contributed by atoms with van der Waals surface area (Å²) in [5, 5.41) is 8.35. The van der Waals surface area contributed by atoms with Gasteiger partial charge in [0, 0.05) is 23.3 Å². The van der Waals surface area contributed by atoms with Crippen LogP contribution in [0.3, 0.4) is 0 Å². The van der Waals surface area contributed by atoms with Gasteiger partial charge in [0.2, 0.25) is 0 Å². The fraction of sp³-hybridized carbons (Fsp3) is 0.467. The maximum Gasteiger partial charge on any atom is 0.319 e. The number of hydrogen-bond acceptors (Lipinski definition) is 2. The fourth-order valence-electron chi connectivity index (χ4n) is 1.58. The van der Waals surface area contributed by atoms with E-state index in [-0.39, 0.29) is 24.0 Å². The molecule has 0 radical (unpaired) electrons. The predicted molar refractivity (Wildman–Crippen MR) is 81.0 cm³/mol. The number of anilines is 1. The second-order valence-electron chi connectivity index (χ2n) is 5.12. The summed E-state index contributed by atoms with van der Waals surface area (Å²) < 4.78 is 0. The Kier molecular flexibility index (Phi) is 6.03. The van der Waals surface area contributed by atoms with Gasteiger partial charge in [-0.3, -0.25) is 4.79 Å². The van der Waals surface area contributed by atoms with E-state index in [4.69, 9.17) is 0 Å². The summed E-state index contributed by atoms with van der Waals surface area (Å²) >= 11 is 0. The first-order chi connectivity index (χ1) is 9.42. The predicted octanol–water partition coefficient (Wildman–Crippen LogP) is 2.74. The van der Waals surface area contributed by atoms with Crippen LogP contribution in [-0.2, 0) is 0 Å². The van der Waals surface area contributed by atoms with Gasteiger partial charge in [0.05, 0.1) is 0 Å². The van der Waals surface area contributed by atoms with Crippen molar-refractivity contribution in [3.63, 3.8) is 0 Å². The molecule has 20 heavy (non-hydrogen) atoms. The van der Waals surface area contributed by atoms with Crippen molar-refractivity contribution in [3.8, 4) is 0 Å². The molecular formula is C15H23N3O2. The third-order valence-corrected chi connectivity index (χ3v) is 2.79. The molecule has 1 atom stereocenters. The standard InChI is InChI=1S/C15H23N3O2/c1-5-11(4)17-15(20)18-13-8-6-7-12(9-13)14(19)16-10(2)3/h6-11H,5H2,1-4H3,(H,16,19)(H2,17,18,20). The van der Waals surface area contributed by atoms with Gasteiger partial charge in [-0.1, -0.05) is 13.0 Å². The first-order valence-corrected chi connectivity index (χ1v) is 6.90. The zero-order valence-corrected chi connectivity index (χ0v) is 12.5. The molecule has 0 aliphatic carbocycles. The number of amides is 3. The fourth-order valence-corrected chi connectivity index (χ4v) is 1.58. The molecule has 1 unspecified atom stereocenters. The molecule has 5 heteroatoms. The Hall–Kier alpha value is -2.04. The van der Waals surface area contributed by atoms with E-state index in [1.54, 1.807) is 24.3 Å². The zero-order valence-electron chi connectivity index (χ0n) is 12.5. The Bertz CT molecular complexity index is 472. The lowest BCUT2D eigenvalue weighted by atomic mass is 10.2. The molecule has 0 aromatic heterocycles. The van der Waals surface area contributed by atoms with Gasteiger partial charge in [-0.05, 0) is 45.4 Å². The topological polar surface area (TPSA) is 70.2 Å². The molecule has 0 bridgehead atoms. The van der Waals surface area contributed by atoms with Gasteiger partial charge in [0.15, 0.2) is 0 Å².